The van der Waals surface area contributed by atoms with Crippen molar-refractivity contribution in [3.8, 4) is 11.1 Å². The molecular weight excluding hydrogens is 440 g/mol. The summed E-state index contributed by atoms with van der Waals surface area (Å²) in [6, 6.07) is 15.1. The van der Waals surface area contributed by atoms with Crippen LogP contribution in [0, 0.1) is 0 Å². The molecule has 1 fully saturated rings. The van der Waals surface area contributed by atoms with Crippen LogP contribution in [0.15, 0.2) is 53.2 Å². The van der Waals surface area contributed by atoms with E-state index in [4.69, 9.17) is 19.4 Å². The van der Waals surface area contributed by atoms with Gasteiger partial charge < -0.3 is 14.8 Å². The lowest BCUT2D eigenvalue weighted by molar-refractivity contribution is 0.0194. The molecule has 8 heteroatoms. The molecule has 166 valence electrons. The maximum atomic E-state index is 5.59. The summed E-state index contributed by atoms with van der Waals surface area (Å²) in [7, 11) is 1.68. The van der Waals surface area contributed by atoms with E-state index in [2.05, 4.69) is 57.4 Å². The average Bonchev–Trinajstić information content (AvgIpc) is 3.51. The van der Waals surface area contributed by atoms with Crippen LogP contribution >= 0.6 is 22.7 Å². The Morgan fingerprint density at radius 3 is 2.69 bits per heavy atom. The van der Waals surface area contributed by atoms with E-state index in [1.165, 1.54) is 10.4 Å². The second-order valence-electron chi connectivity index (χ2n) is 7.68. The van der Waals surface area contributed by atoms with Gasteiger partial charge in [0.25, 0.3) is 0 Å². The fourth-order valence-corrected chi connectivity index (χ4v) is 5.94. The Kier molecular flexibility index (Phi) is 6.75. The molecule has 5 rings (SSSR count). The predicted octanol–water partition coefficient (Wildman–Crippen LogP) is 5.05. The van der Waals surface area contributed by atoms with E-state index < -0.39 is 0 Å². The van der Waals surface area contributed by atoms with Gasteiger partial charge in [-0.2, -0.15) is 0 Å². The molecule has 6 nitrogen and oxygen atoms in total. The number of benzene rings is 1. The molecule has 0 radical (unpaired) electrons. The Bertz CT molecular complexity index is 1140. The summed E-state index contributed by atoms with van der Waals surface area (Å²) in [5.74, 6) is 1.57. The molecule has 1 N–H and O–H groups in total. The van der Waals surface area contributed by atoms with E-state index in [0.29, 0.717) is 12.4 Å². The summed E-state index contributed by atoms with van der Waals surface area (Å²) in [6.45, 7) is 4.59. The summed E-state index contributed by atoms with van der Waals surface area (Å²) in [5, 5.41) is 9.09. The van der Waals surface area contributed by atoms with Crippen LogP contribution in [0.3, 0.4) is 0 Å². The Morgan fingerprint density at radius 2 is 1.94 bits per heavy atom. The Balaban J connectivity index is 1.50. The number of nitrogens with one attached hydrogen (secondary N) is 1. The van der Waals surface area contributed by atoms with E-state index >= 15 is 0 Å². The van der Waals surface area contributed by atoms with Gasteiger partial charge >= 0.3 is 0 Å². The first-order valence-electron chi connectivity index (χ1n) is 10.7. The van der Waals surface area contributed by atoms with Gasteiger partial charge in [0.15, 0.2) is 5.82 Å². The van der Waals surface area contributed by atoms with Crippen molar-refractivity contribution >= 4 is 38.7 Å². The molecule has 4 aromatic rings. The molecule has 32 heavy (non-hydrogen) atoms. The van der Waals surface area contributed by atoms with Crippen LogP contribution in [0.1, 0.15) is 16.7 Å². The first-order chi connectivity index (χ1) is 15.8. The molecule has 1 unspecified atom stereocenters. The minimum atomic E-state index is 0.272. The molecule has 0 bridgehead atoms. The zero-order valence-corrected chi connectivity index (χ0v) is 19.6. The van der Waals surface area contributed by atoms with Crippen LogP contribution in [0.25, 0.3) is 21.3 Å². The highest BCUT2D eigenvalue weighted by molar-refractivity contribution is 7.17. The largest absolute Gasteiger partial charge is 0.379 e. The molecular formula is C24H26N4O2S2. The van der Waals surface area contributed by atoms with Crippen LogP contribution < -0.4 is 5.32 Å². The van der Waals surface area contributed by atoms with Crippen molar-refractivity contribution in [2.45, 2.75) is 12.6 Å². The maximum Gasteiger partial charge on any atom is 0.158 e. The number of fused-ring (bicyclic) bond motifs is 1. The number of ether oxygens (including phenoxy) is 2. The molecule has 0 spiro atoms. The Hall–Kier alpha value is -2.36. The minimum Gasteiger partial charge on any atom is -0.379 e. The number of rotatable bonds is 8. The molecule has 4 heterocycles. The van der Waals surface area contributed by atoms with Crippen LogP contribution in [0.5, 0.6) is 0 Å². The molecule has 1 saturated heterocycles. The monoisotopic (exact) mass is 466 g/mol. The lowest BCUT2D eigenvalue weighted by Crippen LogP contribution is -2.41. The van der Waals surface area contributed by atoms with Gasteiger partial charge in [-0.3, -0.25) is 4.90 Å². The lowest BCUT2D eigenvalue weighted by atomic mass is 10.1. The number of nitrogens with zero attached hydrogens (tertiary/aromatic N) is 3. The molecule has 3 aromatic heterocycles. The first-order valence-corrected chi connectivity index (χ1v) is 12.5. The van der Waals surface area contributed by atoms with E-state index in [9.17, 15) is 0 Å². The zero-order valence-electron chi connectivity index (χ0n) is 18.0. The molecule has 1 aliphatic heterocycles. The lowest BCUT2D eigenvalue weighted by Gasteiger charge is -2.34. The predicted molar refractivity (Wildman–Crippen MR) is 132 cm³/mol. The number of aromatic nitrogens is 2. The zero-order chi connectivity index (χ0) is 21.8. The molecule has 0 amide bonds. The van der Waals surface area contributed by atoms with Gasteiger partial charge in [0.1, 0.15) is 17.3 Å². The third-order valence-corrected chi connectivity index (χ3v) is 7.50. The molecule has 1 aliphatic rings. The van der Waals surface area contributed by atoms with Gasteiger partial charge in [0.05, 0.1) is 24.6 Å². The third-order valence-electron chi connectivity index (χ3n) is 5.66. The summed E-state index contributed by atoms with van der Waals surface area (Å²) in [4.78, 5) is 14.5. The van der Waals surface area contributed by atoms with Gasteiger partial charge in [-0.15, -0.1) is 22.7 Å². The molecule has 0 saturated carbocycles. The van der Waals surface area contributed by atoms with E-state index in [-0.39, 0.29) is 6.04 Å². The summed E-state index contributed by atoms with van der Waals surface area (Å²) in [6.07, 6.45) is 0. The van der Waals surface area contributed by atoms with Crippen molar-refractivity contribution in [1.29, 1.82) is 0 Å². The molecule has 0 aliphatic carbocycles. The standard InChI is InChI=1S/C24H26N4O2S2/c1-29-15-21-26-23(22-18(16-32-24(22)27-21)17-6-3-2-4-7-17)25-14-19(20-8-5-13-31-20)28-9-11-30-12-10-28/h2-8,13,16,19H,9-12,14-15H2,1H3,(H,25,26,27). The topological polar surface area (TPSA) is 59.5 Å². The average molecular weight is 467 g/mol. The number of morpholine rings is 1. The van der Waals surface area contributed by atoms with Crippen LogP contribution in [0.2, 0.25) is 0 Å². The summed E-state index contributed by atoms with van der Waals surface area (Å²) >= 11 is 3.45. The third kappa shape index (κ3) is 4.55. The fourth-order valence-electron chi connectivity index (χ4n) is 4.11. The summed E-state index contributed by atoms with van der Waals surface area (Å²) < 4.78 is 10.9. The van der Waals surface area contributed by atoms with Crippen molar-refractivity contribution in [3.05, 3.63) is 63.9 Å². The van der Waals surface area contributed by atoms with Gasteiger partial charge in [-0.25, -0.2) is 9.97 Å². The Labute approximate surface area is 195 Å². The van der Waals surface area contributed by atoms with E-state index in [1.807, 2.05) is 6.07 Å². The highest BCUT2D eigenvalue weighted by Crippen LogP contribution is 2.37. The summed E-state index contributed by atoms with van der Waals surface area (Å²) in [5.41, 5.74) is 2.34. The van der Waals surface area contributed by atoms with Crippen molar-refractivity contribution in [2.75, 3.05) is 45.3 Å². The maximum absolute atomic E-state index is 5.59. The number of methoxy groups -OCH3 is 1. The number of hydrogen-bond acceptors (Lipinski definition) is 8. The van der Waals surface area contributed by atoms with Gasteiger partial charge in [-0.1, -0.05) is 36.4 Å². The number of thiophene rings is 2. The molecule has 1 aromatic carbocycles. The van der Waals surface area contributed by atoms with Crippen LogP contribution in [0.4, 0.5) is 5.82 Å². The highest BCUT2D eigenvalue weighted by atomic mass is 32.1. The quantitative estimate of drug-likeness (QED) is 0.392. The highest BCUT2D eigenvalue weighted by Gasteiger charge is 2.24. The number of hydrogen-bond donors (Lipinski definition) is 1. The van der Waals surface area contributed by atoms with Crippen molar-refractivity contribution < 1.29 is 9.47 Å². The van der Waals surface area contributed by atoms with E-state index in [1.54, 1.807) is 29.8 Å². The van der Waals surface area contributed by atoms with Crippen LogP contribution in [-0.2, 0) is 16.1 Å². The SMILES string of the molecule is COCc1nc(NCC(c2cccs2)N2CCOCC2)c2c(-c3ccccc3)csc2n1. The van der Waals surface area contributed by atoms with Crippen molar-refractivity contribution in [2.24, 2.45) is 0 Å². The minimum absolute atomic E-state index is 0.272. The fraction of sp³-hybridized carbons (Fsp3) is 0.333. The van der Waals surface area contributed by atoms with Gasteiger partial charge in [0.2, 0.25) is 0 Å². The van der Waals surface area contributed by atoms with Gasteiger partial charge in [-0.05, 0) is 17.0 Å². The van der Waals surface area contributed by atoms with Crippen molar-refractivity contribution in [3.63, 3.8) is 0 Å². The first kappa shape index (κ1) is 21.5. The van der Waals surface area contributed by atoms with Crippen molar-refractivity contribution in [1.82, 2.24) is 14.9 Å². The van der Waals surface area contributed by atoms with Gasteiger partial charge in [0, 0.05) is 42.6 Å². The second kappa shape index (κ2) is 10.1. The van der Waals surface area contributed by atoms with Crippen LogP contribution in [-0.4, -0.2) is 54.8 Å². The van der Waals surface area contributed by atoms with E-state index in [0.717, 1.165) is 54.4 Å². The Morgan fingerprint density at radius 1 is 1.09 bits per heavy atom. The smallest absolute Gasteiger partial charge is 0.158 e. The second-order valence-corrected chi connectivity index (χ2v) is 9.51. The number of anilines is 1. The molecule has 1 atom stereocenters. The normalized spacial score (nSPS) is 15.8.